The van der Waals surface area contributed by atoms with Crippen LogP contribution >= 0.6 is 0 Å². The van der Waals surface area contributed by atoms with Gasteiger partial charge in [0.2, 0.25) is 15.9 Å². The lowest BCUT2D eigenvalue weighted by Crippen LogP contribution is -2.71. The van der Waals surface area contributed by atoms with Crippen molar-refractivity contribution in [1.29, 1.82) is 0 Å². The number of hydrogen-bond acceptors (Lipinski definition) is 10. The summed E-state index contributed by atoms with van der Waals surface area (Å²) in [5, 5.41) is 7.20. The number of sulfonamides is 1. The fourth-order valence-corrected chi connectivity index (χ4v) is 10.3. The first-order valence-electron chi connectivity index (χ1n) is 21.9. The Balaban J connectivity index is 1.34. The van der Waals surface area contributed by atoms with Gasteiger partial charge in [0.1, 0.15) is 28.7 Å². The lowest BCUT2D eigenvalue weighted by molar-refractivity contribution is -0.143. The van der Waals surface area contributed by atoms with Crippen molar-refractivity contribution in [2.45, 2.75) is 159 Å². The highest BCUT2D eigenvalue weighted by Crippen LogP contribution is 2.46. The Hall–Kier alpha value is -4.17. The second-order valence-corrected chi connectivity index (χ2v) is 21.2. The molecule has 6 rings (SSSR count). The van der Waals surface area contributed by atoms with Crippen molar-refractivity contribution in [3.05, 3.63) is 54.8 Å². The van der Waals surface area contributed by atoms with E-state index in [1.807, 2.05) is 45.0 Å². The first kappa shape index (κ1) is 45.4. The third-order valence-electron chi connectivity index (χ3n) is 13.1. The number of aryl methyl sites for hydroxylation is 1. The number of rotatable bonds is 17. The fourth-order valence-electron chi connectivity index (χ4n) is 9.02. The third-order valence-corrected chi connectivity index (χ3v) is 15.2. The normalized spacial score (nSPS) is 25.3. The summed E-state index contributed by atoms with van der Waals surface area (Å²) >= 11 is 0. The van der Waals surface area contributed by atoms with Crippen LogP contribution in [0.3, 0.4) is 0 Å². The number of carbonyl (C=O) groups excluding carboxylic acids is 3. The van der Waals surface area contributed by atoms with Gasteiger partial charge in [-0.2, -0.15) is 0 Å². The highest BCUT2D eigenvalue weighted by atomic mass is 32.2. The number of aromatic nitrogens is 1. The molecular formula is C46H67N5O8S. The van der Waals surface area contributed by atoms with Gasteiger partial charge in [-0.15, -0.1) is 13.2 Å². The molecule has 3 amide bonds. The van der Waals surface area contributed by atoms with Crippen LogP contribution in [0.15, 0.2) is 43.5 Å². The quantitative estimate of drug-likeness (QED) is 0.109. The summed E-state index contributed by atoms with van der Waals surface area (Å²) in [5.74, 6) is -0.00506. The lowest BCUT2D eigenvalue weighted by atomic mass is 9.65. The van der Waals surface area contributed by atoms with E-state index in [-0.39, 0.29) is 36.3 Å². The number of nitrogens with zero attached hydrogens (tertiary/aromatic N) is 2. The van der Waals surface area contributed by atoms with Crippen LogP contribution in [0.5, 0.6) is 11.5 Å². The SMILES string of the molecule is C=CCCCCCC(CN1CC2Oc3c(C(C)C)nc4ccc(OC)cc4c3CCC2CC1C(=O)NC1(C(=O)NS(=O)(=O)C2(C)CC2)CCC1C=C)NC(=O)OC(C)(C)C. The van der Waals surface area contributed by atoms with Crippen LogP contribution in [-0.4, -0.2) is 90.5 Å². The van der Waals surface area contributed by atoms with Gasteiger partial charge in [-0.1, -0.05) is 38.8 Å². The van der Waals surface area contributed by atoms with E-state index in [4.69, 9.17) is 19.2 Å². The molecule has 1 saturated heterocycles. The van der Waals surface area contributed by atoms with Gasteiger partial charge in [-0.25, -0.2) is 18.2 Å². The molecule has 6 atom stereocenters. The Morgan fingerprint density at radius 3 is 2.47 bits per heavy atom. The molecule has 0 radical (unpaired) electrons. The maximum Gasteiger partial charge on any atom is 0.407 e. The van der Waals surface area contributed by atoms with E-state index in [0.29, 0.717) is 51.6 Å². The third kappa shape index (κ3) is 9.80. The van der Waals surface area contributed by atoms with E-state index in [0.717, 1.165) is 65.8 Å². The number of alkyl carbamates (subject to hydrolysis) is 1. The van der Waals surface area contributed by atoms with Crippen molar-refractivity contribution in [3.63, 3.8) is 0 Å². The van der Waals surface area contributed by atoms with E-state index in [2.05, 4.69) is 47.3 Å². The first-order chi connectivity index (χ1) is 28.3. The number of allylic oxidation sites excluding steroid dienone is 1. The minimum atomic E-state index is -3.96. The summed E-state index contributed by atoms with van der Waals surface area (Å²) in [6, 6.07) is 4.82. The molecule has 3 heterocycles. The van der Waals surface area contributed by atoms with E-state index in [9.17, 15) is 22.8 Å². The molecule has 1 aromatic carbocycles. The largest absolute Gasteiger partial charge is 0.497 e. The van der Waals surface area contributed by atoms with Crippen molar-refractivity contribution in [2.75, 3.05) is 20.2 Å². The molecule has 3 fully saturated rings. The molecular weight excluding hydrogens is 783 g/mol. The van der Waals surface area contributed by atoms with Gasteiger partial charge in [-0.3, -0.25) is 19.2 Å². The van der Waals surface area contributed by atoms with Gasteiger partial charge < -0.3 is 24.8 Å². The number of carbonyl (C=O) groups is 3. The summed E-state index contributed by atoms with van der Waals surface area (Å²) in [7, 11) is -2.32. The number of amides is 3. The maximum atomic E-state index is 14.9. The van der Waals surface area contributed by atoms with Crippen LogP contribution in [0, 0.1) is 11.8 Å². The maximum absolute atomic E-state index is 14.9. The molecule has 6 unspecified atom stereocenters. The van der Waals surface area contributed by atoms with Crippen LogP contribution in [0.2, 0.25) is 0 Å². The van der Waals surface area contributed by atoms with Crippen LogP contribution < -0.4 is 24.8 Å². The van der Waals surface area contributed by atoms with E-state index >= 15 is 0 Å². The van der Waals surface area contributed by atoms with Crippen LogP contribution in [0.1, 0.15) is 129 Å². The number of hydrogen-bond donors (Lipinski definition) is 3. The smallest absolute Gasteiger partial charge is 0.407 e. The predicted molar refractivity (Wildman–Crippen MR) is 234 cm³/mol. The number of ether oxygens (including phenoxy) is 3. The van der Waals surface area contributed by atoms with E-state index < -0.39 is 49.9 Å². The molecule has 1 aromatic heterocycles. The second-order valence-electron chi connectivity index (χ2n) is 19.0. The summed E-state index contributed by atoms with van der Waals surface area (Å²) in [5.41, 5.74) is 0.639. The molecule has 13 nitrogen and oxygen atoms in total. The highest BCUT2D eigenvalue weighted by Gasteiger charge is 2.58. The lowest BCUT2D eigenvalue weighted by Gasteiger charge is -2.49. The molecule has 3 N–H and O–H groups in total. The van der Waals surface area contributed by atoms with Crippen molar-refractivity contribution in [2.24, 2.45) is 11.8 Å². The number of nitrogens with one attached hydrogen (secondary N) is 3. The standard InChI is InChI=1S/C46H67N5O8S/c1-10-12-13-14-15-16-32(47-43(54)59-44(5,6)7)27-51-28-38-30(17-19-34-35-26-33(57-9)18-20-36(35)48-39(29(3)4)40(34)58-38)25-37(51)41(52)49-46(22-21-31(46)11-2)42(53)50-60(55,56)45(8)23-24-45/h10-11,18,20,26,29-32,37-38H,1-2,12-17,19,21-25,27-28H2,3-9H3,(H,47,54)(H,49,52)(H,50,53). The van der Waals surface area contributed by atoms with Crippen LogP contribution in [0.4, 0.5) is 4.79 Å². The monoisotopic (exact) mass is 849 g/mol. The zero-order valence-corrected chi connectivity index (χ0v) is 37.5. The Kier molecular flexibility index (Phi) is 13.6. The van der Waals surface area contributed by atoms with Gasteiger partial charge in [-0.05, 0) is 122 Å². The van der Waals surface area contributed by atoms with Crippen molar-refractivity contribution in [1.82, 2.24) is 25.2 Å². The van der Waals surface area contributed by atoms with E-state index in [1.54, 1.807) is 20.1 Å². The Morgan fingerprint density at radius 2 is 1.85 bits per heavy atom. The molecule has 14 heteroatoms. The zero-order chi connectivity index (χ0) is 43.6. The molecule has 0 spiro atoms. The minimum absolute atomic E-state index is 0.0437. The minimum Gasteiger partial charge on any atom is -0.497 e. The molecule has 2 aliphatic carbocycles. The highest BCUT2D eigenvalue weighted by molar-refractivity contribution is 7.91. The zero-order valence-electron chi connectivity index (χ0n) is 36.7. The van der Waals surface area contributed by atoms with Gasteiger partial charge in [0.05, 0.1) is 29.1 Å². The molecule has 330 valence electrons. The number of benzene rings is 1. The number of piperidine rings is 1. The summed E-state index contributed by atoms with van der Waals surface area (Å²) in [4.78, 5) is 49.5. The number of fused-ring (bicyclic) bond motifs is 4. The van der Waals surface area contributed by atoms with Gasteiger partial charge >= 0.3 is 6.09 Å². The number of pyridine rings is 1. The number of unbranched alkanes of at least 4 members (excludes halogenated alkanes) is 3. The number of methoxy groups -OCH3 is 1. The molecule has 2 saturated carbocycles. The Morgan fingerprint density at radius 1 is 1.10 bits per heavy atom. The first-order valence-corrected chi connectivity index (χ1v) is 23.3. The van der Waals surface area contributed by atoms with Gasteiger partial charge in [0.15, 0.2) is 0 Å². The summed E-state index contributed by atoms with van der Waals surface area (Å²) in [6.07, 6.45) is 10.7. The van der Waals surface area contributed by atoms with Crippen LogP contribution in [-0.2, 0) is 30.8 Å². The van der Waals surface area contributed by atoms with Gasteiger partial charge in [0.25, 0.3) is 5.91 Å². The summed E-state index contributed by atoms with van der Waals surface area (Å²) in [6.45, 7) is 19.8. The van der Waals surface area contributed by atoms with Crippen LogP contribution in [0.25, 0.3) is 10.9 Å². The Bertz CT molecular complexity index is 2060. The summed E-state index contributed by atoms with van der Waals surface area (Å²) < 4.78 is 46.4. The van der Waals surface area contributed by atoms with Crippen molar-refractivity contribution in [3.8, 4) is 11.5 Å². The molecule has 4 aliphatic rings. The average Bonchev–Trinajstić information content (AvgIpc) is 3.96. The molecule has 2 aliphatic heterocycles. The predicted octanol–water partition coefficient (Wildman–Crippen LogP) is 7.23. The molecule has 60 heavy (non-hydrogen) atoms. The fraction of sp³-hybridized carbons (Fsp3) is 0.652. The number of likely N-dealkylation sites (tertiary alicyclic amines) is 1. The molecule has 0 bridgehead atoms. The van der Waals surface area contributed by atoms with Gasteiger partial charge in [0, 0.05) is 36.0 Å². The topological polar surface area (TPSA) is 165 Å². The van der Waals surface area contributed by atoms with E-state index in [1.165, 1.54) is 0 Å². The van der Waals surface area contributed by atoms with Crippen molar-refractivity contribution < 1.29 is 37.0 Å². The second kappa shape index (κ2) is 18.0. The van der Waals surface area contributed by atoms with Crippen molar-refractivity contribution >= 4 is 38.8 Å². The molecule has 2 aromatic rings. The average molecular weight is 850 g/mol. The Labute approximate surface area is 356 Å².